The van der Waals surface area contributed by atoms with Gasteiger partial charge in [0.25, 0.3) is 0 Å². The van der Waals surface area contributed by atoms with Gasteiger partial charge < -0.3 is 14.7 Å². The first-order chi connectivity index (χ1) is 24.2. The fourth-order valence-corrected chi connectivity index (χ4v) is 6.78. The molecule has 2 N–H and O–H groups in total. The van der Waals surface area contributed by atoms with Gasteiger partial charge in [-0.2, -0.15) is 0 Å². The fraction of sp³-hybridized carbons (Fsp3) is 0.273. The zero-order valence-corrected chi connectivity index (χ0v) is 28.6. The third kappa shape index (κ3) is 8.11. The predicted molar refractivity (Wildman–Crippen MR) is 207 cm³/mol. The van der Waals surface area contributed by atoms with E-state index in [-0.39, 0.29) is 0 Å². The molecule has 49 heavy (non-hydrogen) atoms. The van der Waals surface area contributed by atoms with Gasteiger partial charge in [-0.05, 0) is 90.4 Å². The van der Waals surface area contributed by atoms with Gasteiger partial charge in [0.1, 0.15) is 5.75 Å². The number of unbranched alkanes of at least 4 members (excludes halogenated alkanes) is 9. The van der Waals surface area contributed by atoms with E-state index < -0.39 is 0 Å². The highest BCUT2D eigenvalue weighted by molar-refractivity contribution is 5.93. The minimum atomic E-state index is 0.758. The molecule has 5 heterocycles. The second-order valence-corrected chi connectivity index (χ2v) is 13.1. The van der Waals surface area contributed by atoms with E-state index in [1.165, 1.54) is 57.8 Å². The van der Waals surface area contributed by atoms with Crippen LogP contribution in [0.5, 0.6) is 5.75 Å². The maximum Gasteiger partial charge on any atom is 0.119 e. The zero-order chi connectivity index (χ0) is 33.3. The average Bonchev–Trinajstić information content (AvgIpc) is 3.96. The first-order valence-corrected chi connectivity index (χ1v) is 18.1. The molecule has 0 atom stereocenters. The number of aromatic nitrogens is 4. The van der Waals surface area contributed by atoms with Gasteiger partial charge >= 0.3 is 0 Å². The summed E-state index contributed by atoms with van der Waals surface area (Å²) in [5.41, 5.74) is 12.0. The topological polar surface area (TPSA) is 66.6 Å². The Morgan fingerprint density at radius 2 is 1.02 bits per heavy atom. The lowest BCUT2D eigenvalue weighted by Gasteiger charge is -2.08. The SMILES string of the molecule is CCCCCCCCCCCCOc1ccc(-c2c3nc(cc4ccc([nH]4)c(-c4ccccc4)c4nc(cc5ccc2[nH]5)C=C4)C=C3)cc1. The van der Waals surface area contributed by atoms with Crippen molar-refractivity contribution in [3.63, 3.8) is 0 Å². The van der Waals surface area contributed by atoms with Gasteiger partial charge in [-0.1, -0.05) is 107 Å². The minimum Gasteiger partial charge on any atom is -0.494 e. The second-order valence-electron chi connectivity index (χ2n) is 13.1. The van der Waals surface area contributed by atoms with Crippen molar-refractivity contribution in [2.24, 2.45) is 0 Å². The molecule has 5 nitrogen and oxygen atoms in total. The lowest BCUT2D eigenvalue weighted by Crippen LogP contribution is -1.97. The lowest BCUT2D eigenvalue weighted by molar-refractivity contribution is 0.304. The highest BCUT2D eigenvalue weighted by atomic mass is 16.5. The Bertz CT molecular complexity index is 2080. The van der Waals surface area contributed by atoms with Crippen LogP contribution < -0.4 is 4.74 Å². The molecule has 248 valence electrons. The first kappa shape index (κ1) is 32.4. The highest BCUT2D eigenvalue weighted by Gasteiger charge is 2.13. The van der Waals surface area contributed by atoms with E-state index in [1.54, 1.807) is 0 Å². The number of benzene rings is 2. The van der Waals surface area contributed by atoms with Gasteiger partial charge in [0.2, 0.25) is 0 Å². The summed E-state index contributed by atoms with van der Waals surface area (Å²) in [6.45, 7) is 3.04. The van der Waals surface area contributed by atoms with E-state index in [1.807, 2.05) is 6.07 Å². The molecule has 0 saturated carbocycles. The summed E-state index contributed by atoms with van der Waals surface area (Å²) in [4.78, 5) is 17.4. The molecule has 0 radical (unpaired) electrons. The summed E-state index contributed by atoms with van der Waals surface area (Å²) in [6, 6.07) is 31.6. The molecule has 3 aromatic heterocycles. The standard InChI is InChI=1S/C44H46N4O/c1-2-3-4-5-6-7-8-9-10-14-29-49-38-23-17-33(18-24-38)44-41-27-21-36(47-41)30-34-19-25-39(45-34)43(32-15-12-11-13-16-32)40-26-20-35(46-40)31-37-22-28-42(44)48-37/h11-13,15-28,30-31,45,48H,2-10,14,29H2,1H3. The maximum absolute atomic E-state index is 6.14. The van der Waals surface area contributed by atoms with Crippen LogP contribution in [0.4, 0.5) is 0 Å². The molecule has 2 aliphatic heterocycles. The third-order valence-electron chi connectivity index (χ3n) is 9.37. The second kappa shape index (κ2) is 15.8. The van der Waals surface area contributed by atoms with E-state index in [2.05, 4.69) is 126 Å². The molecule has 0 spiro atoms. The van der Waals surface area contributed by atoms with Crippen LogP contribution in [-0.2, 0) is 0 Å². The van der Waals surface area contributed by atoms with Crippen LogP contribution in [0.15, 0.2) is 91.0 Å². The molecule has 0 saturated heterocycles. The minimum absolute atomic E-state index is 0.758. The molecule has 8 bridgehead atoms. The van der Waals surface area contributed by atoms with Gasteiger partial charge in [-0.15, -0.1) is 0 Å². The van der Waals surface area contributed by atoms with Crippen LogP contribution in [0, 0.1) is 0 Å². The Kier molecular flexibility index (Phi) is 10.5. The lowest BCUT2D eigenvalue weighted by atomic mass is 10.0. The average molecular weight is 647 g/mol. The van der Waals surface area contributed by atoms with Crippen molar-refractivity contribution in [2.75, 3.05) is 6.61 Å². The van der Waals surface area contributed by atoms with Crippen molar-refractivity contribution in [3.05, 3.63) is 114 Å². The summed E-state index contributed by atoms with van der Waals surface area (Å²) in [6.07, 6.45) is 21.6. The number of hydrogen-bond donors (Lipinski definition) is 2. The monoisotopic (exact) mass is 646 g/mol. The fourth-order valence-electron chi connectivity index (χ4n) is 6.78. The molecule has 5 heteroatoms. The quantitative estimate of drug-likeness (QED) is 0.116. The van der Waals surface area contributed by atoms with Crippen LogP contribution in [0.3, 0.4) is 0 Å². The molecule has 0 aliphatic carbocycles. The van der Waals surface area contributed by atoms with Crippen molar-refractivity contribution < 1.29 is 4.74 Å². The van der Waals surface area contributed by atoms with Crippen molar-refractivity contribution in [1.82, 2.24) is 19.9 Å². The van der Waals surface area contributed by atoms with Crippen LogP contribution in [0.1, 0.15) is 93.9 Å². The normalized spacial score (nSPS) is 12.1. The summed E-state index contributed by atoms with van der Waals surface area (Å²) in [7, 11) is 0. The van der Waals surface area contributed by atoms with Gasteiger partial charge in [-0.25, -0.2) is 9.97 Å². The zero-order valence-electron chi connectivity index (χ0n) is 28.6. The summed E-state index contributed by atoms with van der Waals surface area (Å²) < 4.78 is 6.14. The number of fused-ring (bicyclic) bond motifs is 8. The number of H-pyrrole nitrogens is 2. The number of nitrogens with one attached hydrogen (secondary N) is 2. The van der Waals surface area contributed by atoms with Crippen molar-refractivity contribution in [3.8, 4) is 28.0 Å². The first-order valence-electron chi connectivity index (χ1n) is 18.1. The molecule has 7 rings (SSSR count). The molecular weight excluding hydrogens is 601 g/mol. The van der Waals surface area contributed by atoms with E-state index in [0.717, 1.165) is 85.9 Å². The maximum atomic E-state index is 6.14. The van der Waals surface area contributed by atoms with E-state index >= 15 is 0 Å². The number of aromatic amines is 2. The number of rotatable bonds is 14. The summed E-state index contributed by atoms with van der Waals surface area (Å²) >= 11 is 0. The molecule has 2 aromatic carbocycles. The number of hydrogen-bond acceptors (Lipinski definition) is 3. The highest BCUT2D eigenvalue weighted by Crippen LogP contribution is 2.33. The Hall–Kier alpha value is -5.16. The molecule has 2 aliphatic rings. The number of ether oxygens (including phenoxy) is 1. The van der Waals surface area contributed by atoms with E-state index in [4.69, 9.17) is 14.7 Å². The van der Waals surface area contributed by atoms with Gasteiger partial charge in [0, 0.05) is 33.2 Å². The van der Waals surface area contributed by atoms with Crippen molar-refractivity contribution in [2.45, 2.75) is 71.1 Å². The van der Waals surface area contributed by atoms with Crippen LogP contribution in [-0.4, -0.2) is 26.5 Å². The summed E-state index contributed by atoms with van der Waals surface area (Å²) in [5, 5.41) is 0. The molecule has 0 fully saturated rings. The van der Waals surface area contributed by atoms with E-state index in [9.17, 15) is 0 Å². The Balaban J connectivity index is 1.15. The Morgan fingerprint density at radius 1 is 0.510 bits per heavy atom. The molecule has 5 aromatic rings. The largest absolute Gasteiger partial charge is 0.494 e. The smallest absolute Gasteiger partial charge is 0.119 e. The summed E-state index contributed by atoms with van der Waals surface area (Å²) in [5.74, 6) is 0.908. The van der Waals surface area contributed by atoms with Crippen LogP contribution in [0.2, 0.25) is 0 Å². The Morgan fingerprint density at radius 3 is 1.57 bits per heavy atom. The predicted octanol–water partition coefficient (Wildman–Crippen LogP) is 12.3. The van der Waals surface area contributed by atoms with Gasteiger partial charge in [0.05, 0.1) is 29.4 Å². The Labute approximate surface area is 289 Å². The van der Waals surface area contributed by atoms with Gasteiger partial charge in [0.15, 0.2) is 0 Å². The van der Waals surface area contributed by atoms with Crippen molar-refractivity contribution >= 4 is 46.4 Å². The molecule has 0 unspecified atom stereocenters. The van der Waals surface area contributed by atoms with Crippen LogP contribution in [0.25, 0.3) is 68.6 Å². The van der Waals surface area contributed by atoms with Crippen molar-refractivity contribution in [1.29, 1.82) is 0 Å². The van der Waals surface area contributed by atoms with E-state index in [0.29, 0.717) is 0 Å². The third-order valence-corrected chi connectivity index (χ3v) is 9.37. The number of nitrogens with zero attached hydrogens (tertiary/aromatic N) is 2. The molecule has 0 amide bonds. The van der Waals surface area contributed by atoms with Gasteiger partial charge in [-0.3, -0.25) is 0 Å². The van der Waals surface area contributed by atoms with Crippen LogP contribution >= 0.6 is 0 Å². The molecular formula is C44H46N4O.